The number of methoxy groups -OCH3 is 1. The number of aliphatic carboxylic acids is 1. The summed E-state index contributed by atoms with van der Waals surface area (Å²) in [5.41, 5.74) is 7.53. The van der Waals surface area contributed by atoms with E-state index in [4.69, 9.17) is 15.2 Å². The third-order valence-electron chi connectivity index (χ3n) is 9.39. The molecule has 0 spiro atoms. The van der Waals surface area contributed by atoms with Crippen LogP contribution < -0.4 is 25.8 Å². The summed E-state index contributed by atoms with van der Waals surface area (Å²) < 4.78 is 39.4. The number of carbonyl (C=O) groups excluding carboxylic acids is 3. The molecule has 16 heteroatoms. The van der Waals surface area contributed by atoms with Crippen LogP contribution in [0.1, 0.15) is 68.7 Å². The van der Waals surface area contributed by atoms with Gasteiger partial charge in [0.25, 0.3) is 10.0 Å². The van der Waals surface area contributed by atoms with Gasteiger partial charge in [-0.15, -0.1) is 0 Å². The number of sulfonamides is 1. The molecule has 1 heterocycles. The van der Waals surface area contributed by atoms with Crippen LogP contribution in [-0.4, -0.2) is 92.2 Å². The smallest absolute Gasteiger partial charge is 0.408 e. The normalized spacial score (nSPS) is 15.9. The Balaban J connectivity index is 1.42. The van der Waals surface area contributed by atoms with Gasteiger partial charge in [0.1, 0.15) is 29.5 Å². The summed E-state index contributed by atoms with van der Waals surface area (Å²) in [6, 6.07) is 11.6. The minimum absolute atomic E-state index is 0.0339. The number of amides is 3. The van der Waals surface area contributed by atoms with Crippen LogP contribution in [0, 0.1) is 20.8 Å². The molecular weight excluding hydrogens is 729 g/mol. The number of nitrogens with two attached hydrogens (primary N) is 1. The number of benzene rings is 3. The van der Waals surface area contributed by atoms with Crippen molar-refractivity contribution in [2.75, 3.05) is 20.2 Å². The molecular formula is C39H52N6O9S. The third kappa shape index (κ3) is 10.9. The van der Waals surface area contributed by atoms with Gasteiger partial charge >= 0.3 is 12.1 Å². The summed E-state index contributed by atoms with van der Waals surface area (Å²) in [4.78, 5) is 58.4. The van der Waals surface area contributed by atoms with E-state index >= 15 is 0 Å². The fourth-order valence-electron chi connectivity index (χ4n) is 6.73. The van der Waals surface area contributed by atoms with Crippen molar-refractivity contribution in [1.29, 1.82) is 0 Å². The van der Waals surface area contributed by atoms with Gasteiger partial charge in [0.2, 0.25) is 17.8 Å². The monoisotopic (exact) mass is 780 g/mol. The first-order valence-corrected chi connectivity index (χ1v) is 19.6. The molecule has 15 nitrogen and oxygen atoms in total. The molecule has 6 N–H and O–H groups in total. The molecule has 0 radical (unpaired) electrons. The Kier molecular flexibility index (Phi) is 13.7. The zero-order chi connectivity index (χ0) is 40.7. The first-order valence-electron chi connectivity index (χ1n) is 18.1. The van der Waals surface area contributed by atoms with E-state index in [0.717, 1.165) is 16.3 Å². The predicted octanol–water partition coefficient (Wildman–Crippen LogP) is 3.84. The van der Waals surface area contributed by atoms with Gasteiger partial charge in [0.15, 0.2) is 0 Å². The highest BCUT2D eigenvalue weighted by Crippen LogP contribution is 2.30. The number of hydrogen-bond acceptors (Lipinski definition) is 9. The van der Waals surface area contributed by atoms with E-state index in [9.17, 15) is 32.7 Å². The molecule has 0 bridgehead atoms. The highest BCUT2D eigenvalue weighted by Gasteiger charge is 2.39. The van der Waals surface area contributed by atoms with Crippen molar-refractivity contribution in [3.05, 3.63) is 70.8 Å². The minimum Gasteiger partial charge on any atom is -0.496 e. The average Bonchev–Trinajstić information content (AvgIpc) is 3.60. The molecule has 3 atom stereocenters. The zero-order valence-corrected chi connectivity index (χ0v) is 33.2. The molecule has 298 valence electrons. The Morgan fingerprint density at radius 3 is 2.38 bits per heavy atom. The maximum absolute atomic E-state index is 14.1. The number of aryl methyl sites for hydroxylation is 1. The van der Waals surface area contributed by atoms with Crippen LogP contribution >= 0.6 is 0 Å². The summed E-state index contributed by atoms with van der Waals surface area (Å²) in [5.74, 6) is -2.25. The Morgan fingerprint density at radius 1 is 1.02 bits per heavy atom. The van der Waals surface area contributed by atoms with Gasteiger partial charge in [-0.25, -0.2) is 22.7 Å². The second kappa shape index (κ2) is 17.8. The van der Waals surface area contributed by atoms with E-state index in [2.05, 4.69) is 20.3 Å². The molecule has 55 heavy (non-hydrogen) atoms. The molecule has 0 aliphatic carbocycles. The maximum Gasteiger partial charge on any atom is 0.408 e. The highest BCUT2D eigenvalue weighted by molar-refractivity contribution is 7.90. The van der Waals surface area contributed by atoms with Gasteiger partial charge in [-0.05, 0) is 106 Å². The fourth-order valence-corrected chi connectivity index (χ4v) is 8.21. The summed E-state index contributed by atoms with van der Waals surface area (Å²) in [7, 11) is -2.60. The van der Waals surface area contributed by atoms with Crippen molar-refractivity contribution in [2.24, 2.45) is 10.7 Å². The van der Waals surface area contributed by atoms with Crippen LogP contribution in [0.25, 0.3) is 10.8 Å². The molecule has 4 rings (SSSR count). The van der Waals surface area contributed by atoms with Gasteiger partial charge < -0.3 is 35.8 Å². The number of fused-ring (bicyclic) bond motifs is 1. The number of ether oxygens (including phenoxy) is 2. The number of hydrogen-bond donors (Lipinski definition) is 5. The van der Waals surface area contributed by atoms with Crippen molar-refractivity contribution in [3.8, 4) is 5.75 Å². The van der Waals surface area contributed by atoms with Crippen LogP contribution in [-0.2, 0) is 35.6 Å². The van der Waals surface area contributed by atoms with Crippen LogP contribution in [0.15, 0.2) is 58.4 Å². The van der Waals surface area contributed by atoms with E-state index in [0.29, 0.717) is 35.3 Å². The number of guanidine groups is 1. The first kappa shape index (κ1) is 42.4. The molecule has 3 aromatic rings. The first-order chi connectivity index (χ1) is 25.8. The summed E-state index contributed by atoms with van der Waals surface area (Å²) in [6.07, 6.45) is 0.221. The van der Waals surface area contributed by atoms with E-state index in [1.54, 1.807) is 47.6 Å². The van der Waals surface area contributed by atoms with Gasteiger partial charge in [-0.3, -0.25) is 14.6 Å². The number of aliphatic imine (C=N–C) groups is 1. The summed E-state index contributed by atoms with van der Waals surface area (Å²) in [6.45, 7) is 10.4. The molecule has 1 unspecified atom stereocenters. The molecule has 1 fully saturated rings. The van der Waals surface area contributed by atoms with Gasteiger partial charge in [0, 0.05) is 19.5 Å². The largest absolute Gasteiger partial charge is 0.496 e. The molecule has 1 saturated heterocycles. The number of nitrogens with one attached hydrogen (secondary N) is 3. The van der Waals surface area contributed by atoms with Crippen molar-refractivity contribution >= 4 is 50.6 Å². The molecule has 3 amide bonds. The zero-order valence-electron chi connectivity index (χ0n) is 32.4. The molecule has 0 aromatic heterocycles. The van der Waals surface area contributed by atoms with Crippen molar-refractivity contribution < 1.29 is 42.2 Å². The van der Waals surface area contributed by atoms with Crippen molar-refractivity contribution in [2.45, 2.75) is 102 Å². The highest BCUT2D eigenvalue weighted by atomic mass is 32.2. The predicted molar refractivity (Wildman–Crippen MR) is 208 cm³/mol. The number of alkyl carbamates (subject to hydrolysis) is 1. The number of carboxylic acids is 1. The lowest BCUT2D eigenvalue weighted by Crippen LogP contribution is -2.56. The quantitative estimate of drug-likeness (QED) is 0.0904. The van der Waals surface area contributed by atoms with Gasteiger partial charge in [-0.2, -0.15) is 0 Å². The lowest BCUT2D eigenvalue weighted by atomic mass is 9.98. The van der Waals surface area contributed by atoms with Crippen molar-refractivity contribution in [1.82, 2.24) is 20.3 Å². The van der Waals surface area contributed by atoms with E-state index < -0.39 is 57.6 Å². The Labute approximate surface area is 322 Å². The average molecular weight is 781 g/mol. The van der Waals surface area contributed by atoms with E-state index in [1.807, 2.05) is 42.5 Å². The van der Waals surface area contributed by atoms with E-state index in [-0.39, 0.29) is 43.2 Å². The summed E-state index contributed by atoms with van der Waals surface area (Å²) in [5, 5.41) is 17.1. The molecule has 1 aliphatic rings. The van der Waals surface area contributed by atoms with Crippen LogP contribution in [0.3, 0.4) is 0 Å². The molecule has 1 aliphatic heterocycles. The molecule has 3 aromatic carbocycles. The number of carbonyl (C=O) groups is 4. The Hall–Kier alpha value is -5.38. The van der Waals surface area contributed by atoms with Crippen LogP contribution in [0.2, 0.25) is 0 Å². The summed E-state index contributed by atoms with van der Waals surface area (Å²) >= 11 is 0. The van der Waals surface area contributed by atoms with Gasteiger partial charge in [0.05, 0.1) is 12.0 Å². The van der Waals surface area contributed by atoms with Crippen molar-refractivity contribution in [3.63, 3.8) is 0 Å². The second-order valence-electron chi connectivity index (χ2n) is 14.6. The second-order valence-corrected chi connectivity index (χ2v) is 16.2. The lowest BCUT2D eigenvalue weighted by Gasteiger charge is -2.30. The number of nitrogens with zero attached hydrogens (tertiary/aromatic N) is 2. The number of rotatable bonds is 14. The lowest BCUT2D eigenvalue weighted by molar-refractivity contribution is -0.144. The standard InChI is InChI=1S/C39H52N6O9S/c1-23-21-32(53-7)24(2)25(3)33(23)55(51,52)44-37(40)41-19-11-17-29(36(48)49)42-34(46)31-18-12-20-45(31)35(47)30(43-38(50)54-39(4,5)6)22-27-15-10-14-26-13-8-9-16-28(26)27/h8-10,13-16,21,29-31H,11-12,17-20,22H2,1-7H3,(H,42,46)(H,43,50)(H,48,49)(H3,40,41,44)/t29-,30?,31-/m0/s1. The molecule has 0 saturated carbocycles. The van der Waals surface area contributed by atoms with Crippen LogP contribution in [0.5, 0.6) is 5.75 Å². The van der Waals surface area contributed by atoms with Gasteiger partial charge in [-0.1, -0.05) is 42.5 Å². The van der Waals surface area contributed by atoms with Crippen LogP contribution in [0.4, 0.5) is 4.79 Å². The number of carboxylic acid groups (broad SMARTS) is 1. The number of likely N-dealkylation sites (tertiary alicyclic amines) is 1. The van der Waals surface area contributed by atoms with E-state index in [1.165, 1.54) is 12.0 Å². The fraction of sp³-hybridized carbons (Fsp3) is 0.462. The minimum atomic E-state index is -4.10. The topological polar surface area (TPSA) is 219 Å². The third-order valence-corrected chi connectivity index (χ3v) is 11.0. The maximum atomic E-state index is 14.1. The Bertz CT molecular complexity index is 2060. The Morgan fingerprint density at radius 2 is 1.71 bits per heavy atom. The SMILES string of the molecule is COc1cc(C)c(S(=O)(=O)NC(N)=NCCC[C@H](NC(=O)[C@@H]2CCCN2C(=O)C(Cc2cccc3ccccc23)NC(=O)OC(C)(C)C)C(=O)O)c(C)c1C.